The molecule has 3 nitrogen and oxygen atoms in total. The molecular formula is C26H42O3. The Morgan fingerprint density at radius 2 is 1.59 bits per heavy atom. The molecule has 0 heterocycles. The number of ether oxygens (including phenoxy) is 2. The number of benzene rings is 1. The van der Waals surface area contributed by atoms with Gasteiger partial charge in [0.2, 0.25) is 6.29 Å². The maximum Gasteiger partial charge on any atom is 0.200 e. The van der Waals surface area contributed by atoms with Crippen LogP contribution in [-0.2, 0) is 4.74 Å². The molecule has 29 heavy (non-hydrogen) atoms. The van der Waals surface area contributed by atoms with Crippen molar-refractivity contribution in [3.05, 3.63) is 23.8 Å². The van der Waals surface area contributed by atoms with Crippen molar-refractivity contribution in [2.45, 2.75) is 117 Å². The number of aromatic hydroxyl groups is 1. The SMILES string of the molecule is CC(c1ccc(OC(CC2CCCCC2)OC2CCCCC2)c(O)c1)C(C)(C)C. The number of phenolic OH excluding ortho intramolecular Hbond substituents is 1. The highest BCUT2D eigenvalue weighted by Gasteiger charge is 2.27. The van der Waals surface area contributed by atoms with E-state index in [2.05, 4.69) is 33.8 Å². The third-order valence-electron chi connectivity index (χ3n) is 7.19. The van der Waals surface area contributed by atoms with Gasteiger partial charge in [-0.05, 0) is 47.8 Å². The summed E-state index contributed by atoms with van der Waals surface area (Å²) >= 11 is 0. The molecule has 0 aromatic heterocycles. The van der Waals surface area contributed by atoms with Crippen LogP contribution in [0.4, 0.5) is 0 Å². The first-order chi connectivity index (χ1) is 13.8. The summed E-state index contributed by atoms with van der Waals surface area (Å²) in [4.78, 5) is 0. The lowest BCUT2D eigenvalue weighted by Crippen LogP contribution is -2.31. The summed E-state index contributed by atoms with van der Waals surface area (Å²) < 4.78 is 12.8. The summed E-state index contributed by atoms with van der Waals surface area (Å²) in [5.74, 6) is 1.84. The van der Waals surface area contributed by atoms with Gasteiger partial charge < -0.3 is 14.6 Å². The molecular weight excluding hydrogens is 360 g/mol. The zero-order valence-electron chi connectivity index (χ0n) is 19.1. The van der Waals surface area contributed by atoms with Gasteiger partial charge in [0.25, 0.3) is 0 Å². The zero-order chi connectivity index (χ0) is 20.9. The highest BCUT2D eigenvalue weighted by Crippen LogP contribution is 2.39. The maximum atomic E-state index is 10.7. The molecule has 164 valence electrons. The summed E-state index contributed by atoms with van der Waals surface area (Å²) in [5, 5.41) is 10.7. The van der Waals surface area contributed by atoms with Gasteiger partial charge in [-0.25, -0.2) is 0 Å². The van der Waals surface area contributed by atoms with Crippen LogP contribution in [0.1, 0.15) is 110 Å². The lowest BCUT2D eigenvalue weighted by Gasteiger charge is -2.32. The molecule has 0 spiro atoms. The molecule has 0 radical (unpaired) electrons. The predicted octanol–water partition coefficient (Wildman–Crippen LogP) is 7.57. The Bertz CT molecular complexity index is 601. The fraction of sp³-hybridized carbons (Fsp3) is 0.769. The molecule has 2 aliphatic carbocycles. The summed E-state index contributed by atoms with van der Waals surface area (Å²) in [5.41, 5.74) is 1.31. The third kappa shape index (κ3) is 6.64. The quantitative estimate of drug-likeness (QED) is 0.478. The highest BCUT2D eigenvalue weighted by atomic mass is 16.7. The normalized spacial score (nSPS) is 21.7. The van der Waals surface area contributed by atoms with Gasteiger partial charge in [-0.1, -0.05) is 85.1 Å². The molecule has 0 amide bonds. The van der Waals surface area contributed by atoms with E-state index in [1.165, 1.54) is 51.4 Å². The van der Waals surface area contributed by atoms with E-state index in [1.54, 1.807) is 0 Å². The van der Waals surface area contributed by atoms with Gasteiger partial charge in [0, 0.05) is 6.42 Å². The van der Waals surface area contributed by atoms with Gasteiger partial charge in [-0.2, -0.15) is 0 Å². The molecule has 1 aromatic carbocycles. The summed E-state index contributed by atoms with van der Waals surface area (Å²) in [7, 11) is 0. The van der Waals surface area contributed by atoms with Gasteiger partial charge >= 0.3 is 0 Å². The molecule has 1 N–H and O–H groups in total. The molecule has 2 aliphatic rings. The lowest BCUT2D eigenvalue weighted by atomic mass is 9.78. The second kappa shape index (κ2) is 10.2. The first kappa shape index (κ1) is 22.5. The van der Waals surface area contributed by atoms with Crippen LogP contribution in [-0.4, -0.2) is 17.5 Å². The predicted molar refractivity (Wildman–Crippen MR) is 120 cm³/mol. The highest BCUT2D eigenvalue weighted by molar-refractivity contribution is 5.43. The molecule has 3 rings (SSSR count). The second-order valence-electron chi connectivity index (χ2n) is 10.5. The van der Waals surface area contributed by atoms with Crippen molar-refractivity contribution >= 4 is 0 Å². The van der Waals surface area contributed by atoms with Crippen LogP contribution >= 0.6 is 0 Å². The largest absolute Gasteiger partial charge is 0.504 e. The molecule has 0 saturated heterocycles. The molecule has 2 atom stereocenters. The van der Waals surface area contributed by atoms with E-state index in [9.17, 15) is 5.11 Å². The van der Waals surface area contributed by atoms with Crippen molar-refractivity contribution in [2.75, 3.05) is 0 Å². The van der Waals surface area contributed by atoms with Crippen LogP contribution in [0.25, 0.3) is 0 Å². The van der Waals surface area contributed by atoms with Gasteiger partial charge in [0.1, 0.15) is 0 Å². The lowest BCUT2D eigenvalue weighted by molar-refractivity contribution is -0.139. The monoisotopic (exact) mass is 402 g/mol. The molecule has 1 aromatic rings. The van der Waals surface area contributed by atoms with E-state index in [0.29, 0.717) is 23.7 Å². The first-order valence-electron chi connectivity index (χ1n) is 12.0. The number of rotatable bonds is 7. The molecule has 2 saturated carbocycles. The van der Waals surface area contributed by atoms with Gasteiger partial charge in [-0.15, -0.1) is 0 Å². The van der Waals surface area contributed by atoms with Crippen molar-refractivity contribution in [3.8, 4) is 11.5 Å². The van der Waals surface area contributed by atoms with E-state index in [-0.39, 0.29) is 17.5 Å². The molecule has 0 bridgehead atoms. The third-order valence-corrected chi connectivity index (χ3v) is 7.19. The van der Waals surface area contributed by atoms with Crippen LogP contribution in [0.15, 0.2) is 18.2 Å². The van der Waals surface area contributed by atoms with E-state index < -0.39 is 0 Å². The van der Waals surface area contributed by atoms with Crippen molar-refractivity contribution in [3.63, 3.8) is 0 Å². The van der Waals surface area contributed by atoms with Crippen molar-refractivity contribution in [2.24, 2.45) is 11.3 Å². The van der Waals surface area contributed by atoms with Crippen molar-refractivity contribution in [1.29, 1.82) is 0 Å². The van der Waals surface area contributed by atoms with E-state index in [0.717, 1.165) is 24.8 Å². The number of hydrogen-bond donors (Lipinski definition) is 1. The minimum absolute atomic E-state index is 0.155. The van der Waals surface area contributed by atoms with Gasteiger partial charge in [0.05, 0.1) is 6.10 Å². The average molecular weight is 403 g/mol. The Morgan fingerprint density at radius 1 is 0.966 bits per heavy atom. The first-order valence-corrected chi connectivity index (χ1v) is 12.0. The Morgan fingerprint density at radius 3 is 2.17 bits per heavy atom. The maximum absolute atomic E-state index is 10.7. The second-order valence-corrected chi connectivity index (χ2v) is 10.5. The standard InChI is InChI=1S/C26H42O3/c1-19(26(2,3)4)21-15-16-24(23(27)18-21)29-25(17-20-11-7-5-8-12-20)28-22-13-9-6-10-14-22/h15-16,18-20,22,25,27H,5-14,17H2,1-4H3. The number of hydrogen-bond acceptors (Lipinski definition) is 3. The summed E-state index contributed by atoms with van der Waals surface area (Å²) in [6.07, 6.45) is 13.7. The molecule has 2 unspecified atom stereocenters. The van der Waals surface area contributed by atoms with Crippen LogP contribution in [0.3, 0.4) is 0 Å². The van der Waals surface area contributed by atoms with Crippen LogP contribution in [0.5, 0.6) is 11.5 Å². The number of phenols is 1. The van der Waals surface area contributed by atoms with Gasteiger partial charge in [0.15, 0.2) is 11.5 Å². The minimum Gasteiger partial charge on any atom is -0.504 e. The van der Waals surface area contributed by atoms with Crippen molar-refractivity contribution in [1.82, 2.24) is 0 Å². The molecule has 0 aliphatic heterocycles. The topological polar surface area (TPSA) is 38.7 Å². The van der Waals surface area contributed by atoms with Gasteiger partial charge in [-0.3, -0.25) is 0 Å². The fourth-order valence-corrected chi connectivity index (χ4v) is 4.79. The smallest absolute Gasteiger partial charge is 0.200 e. The zero-order valence-corrected chi connectivity index (χ0v) is 19.1. The van der Waals surface area contributed by atoms with Crippen LogP contribution in [0.2, 0.25) is 0 Å². The molecule has 2 fully saturated rings. The van der Waals surface area contributed by atoms with E-state index >= 15 is 0 Å². The Hall–Kier alpha value is -1.22. The summed E-state index contributed by atoms with van der Waals surface area (Å²) in [6.45, 7) is 8.92. The Labute approximate surface area is 178 Å². The van der Waals surface area contributed by atoms with Crippen LogP contribution in [0, 0.1) is 11.3 Å². The Kier molecular flexibility index (Phi) is 7.90. The average Bonchev–Trinajstić information content (AvgIpc) is 2.70. The summed E-state index contributed by atoms with van der Waals surface area (Å²) in [6, 6.07) is 5.91. The minimum atomic E-state index is -0.252. The Balaban J connectivity index is 1.69. The fourth-order valence-electron chi connectivity index (χ4n) is 4.79. The van der Waals surface area contributed by atoms with E-state index in [4.69, 9.17) is 9.47 Å². The molecule has 3 heteroatoms. The van der Waals surface area contributed by atoms with Crippen molar-refractivity contribution < 1.29 is 14.6 Å². The van der Waals surface area contributed by atoms with E-state index in [1.807, 2.05) is 12.1 Å². The van der Waals surface area contributed by atoms with Crippen LogP contribution < -0.4 is 4.74 Å².